The van der Waals surface area contributed by atoms with Crippen molar-refractivity contribution in [3.05, 3.63) is 0 Å². The zero-order valence-electron chi connectivity index (χ0n) is 9.75. The van der Waals surface area contributed by atoms with E-state index in [1.54, 1.807) is 0 Å². The van der Waals surface area contributed by atoms with Gasteiger partial charge in [-0.1, -0.05) is 20.8 Å². The molecular formula is C11H24N2O. The summed E-state index contributed by atoms with van der Waals surface area (Å²) >= 11 is 0. The second-order valence-electron chi connectivity index (χ2n) is 3.63. The van der Waals surface area contributed by atoms with Gasteiger partial charge in [0.15, 0.2) is 0 Å². The molecule has 0 aromatic heterocycles. The smallest absolute Gasteiger partial charge is 0.225 e. The largest absolute Gasteiger partial charge is 0.341 e. The standard InChI is InChI=1S/C11H24N2O/c1-4-8-13(9-7-12)11(14)10(5-2)6-3/h10H,4-9,12H2,1-3H3. The minimum Gasteiger partial charge on any atom is -0.341 e. The van der Waals surface area contributed by atoms with Crippen LogP contribution < -0.4 is 5.73 Å². The van der Waals surface area contributed by atoms with E-state index in [1.807, 2.05) is 4.90 Å². The summed E-state index contributed by atoms with van der Waals surface area (Å²) in [6.45, 7) is 8.32. The first-order valence-electron chi connectivity index (χ1n) is 5.69. The van der Waals surface area contributed by atoms with Gasteiger partial charge in [0.1, 0.15) is 0 Å². The average molecular weight is 200 g/mol. The second-order valence-corrected chi connectivity index (χ2v) is 3.63. The predicted molar refractivity (Wildman–Crippen MR) is 60.0 cm³/mol. The maximum atomic E-state index is 12.0. The third kappa shape index (κ3) is 4.09. The third-order valence-corrected chi connectivity index (χ3v) is 2.54. The fourth-order valence-electron chi connectivity index (χ4n) is 1.65. The van der Waals surface area contributed by atoms with E-state index < -0.39 is 0 Å². The van der Waals surface area contributed by atoms with Gasteiger partial charge in [0.05, 0.1) is 0 Å². The predicted octanol–water partition coefficient (Wildman–Crippen LogP) is 1.62. The van der Waals surface area contributed by atoms with Crippen molar-refractivity contribution in [1.82, 2.24) is 4.90 Å². The van der Waals surface area contributed by atoms with Gasteiger partial charge < -0.3 is 10.6 Å². The van der Waals surface area contributed by atoms with Crippen molar-refractivity contribution in [3.63, 3.8) is 0 Å². The molecule has 84 valence electrons. The molecule has 0 atom stereocenters. The quantitative estimate of drug-likeness (QED) is 0.679. The molecule has 0 fully saturated rings. The van der Waals surface area contributed by atoms with Gasteiger partial charge in [0.2, 0.25) is 5.91 Å². The van der Waals surface area contributed by atoms with Crippen LogP contribution in [0.15, 0.2) is 0 Å². The zero-order chi connectivity index (χ0) is 11.0. The molecule has 0 spiro atoms. The number of hydrogen-bond acceptors (Lipinski definition) is 2. The summed E-state index contributed by atoms with van der Waals surface area (Å²) in [5.74, 6) is 0.468. The van der Waals surface area contributed by atoms with Crippen LogP contribution in [0.4, 0.5) is 0 Å². The minimum absolute atomic E-state index is 0.188. The fourth-order valence-corrected chi connectivity index (χ4v) is 1.65. The summed E-state index contributed by atoms with van der Waals surface area (Å²) in [5, 5.41) is 0. The van der Waals surface area contributed by atoms with Crippen molar-refractivity contribution < 1.29 is 4.79 Å². The number of carbonyl (C=O) groups is 1. The first kappa shape index (κ1) is 13.4. The van der Waals surface area contributed by atoms with Crippen LogP contribution in [0.2, 0.25) is 0 Å². The summed E-state index contributed by atoms with van der Waals surface area (Å²) in [5.41, 5.74) is 5.49. The Bertz CT molecular complexity index is 149. The van der Waals surface area contributed by atoms with Gasteiger partial charge in [-0.2, -0.15) is 0 Å². The lowest BCUT2D eigenvalue weighted by Gasteiger charge is -2.25. The number of nitrogens with two attached hydrogens (primary N) is 1. The van der Waals surface area contributed by atoms with E-state index in [0.717, 1.165) is 25.8 Å². The van der Waals surface area contributed by atoms with E-state index in [4.69, 9.17) is 5.73 Å². The highest BCUT2D eigenvalue weighted by molar-refractivity contribution is 5.78. The van der Waals surface area contributed by atoms with Gasteiger partial charge in [-0.05, 0) is 19.3 Å². The average Bonchev–Trinajstić information content (AvgIpc) is 2.19. The zero-order valence-corrected chi connectivity index (χ0v) is 9.75. The van der Waals surface area contributed by atoms with Crippen molar-refractivity contribution in [2.75, 3.05) is 19.6 Å². The van der Waals surface area contributed by atoms with Gasteiger partial charge >= 0.3 is 0 Å². The molecule has 0 saturated carbocycles. The summed E-state index contributed by atoms with van der Waals surface area (Å²) in [6.07, 6.45) is 2.87. The normalized spacial score (nSPS) is 10.6. The number of nitrogens with zero attached hydrogens (tertiary/aromatic N) is 1. The molecule has 0 aliphatic rings. The topological polar surface area (TPSA) is 46.3 Å². The molecule has 3 nitrogen and oxygen atoms in total. The van der Waals surface area contributed by atoms with Crippen molar-refractivity contribution in [2.24, 2.45) is 11.7 Å². The molecule has 0 aromatic carbocycles. The maximum absolute atomic E-state index is 12.0. The van der Waals surface area contributed by atoms with Crippen LogP contribution in [-0.2, 0) is 4.79 Å². The Balaban J connectivity index is 4.24. The molecule has 0 rings (SSSR count). The lowest BCUT2D eigenvalue weighted by atomic mass is 10.0. The molecule has 0 radical (unpaired) electrons. The van der Waals surface area contributed by atoms with Crippen molar-refractivity contribution >= 4 is 5.91 Å². The van der Waals surface area contributed by atoms with Crippen molar-refractivity contribution in [1.29, 1.82) is 0 Å². The molecule has 0 aliphatic carbocycles. The van der Waals surface area contributed by atoms with Crippen LogP contribution in [0, 0.1) is 5.92 Å². The SMILES string of the molecule is CCCN(CCN)C(=O)C(CC)CC. The molecule has 0 heterocycles. The first-order chi connectivity index (χ1) is 6.71. The monoisotopic (exact) mass is 200 g/mol. The van der Waals surface area contributed by atoms with Crippen LogP contribution >= 0.6 is 0 Å². The van der Waals surface area contributed by atoms with E-state index >= 15 is 0 Å². The third-order valence-electron chi connectivity index (χ3n) is 2.54. The molecule has 0 aliphatic heterocycles. The van der Waals surface area contributed by atoms with Gasteiger partial charge in [-0.15, -0.1) is 0 Å². The Labute approximate surface area is 87.6 Å². The van der Waals surface area contributed by atoms with Gasteiger partial charge in [-0.3, -0.25) is 4.79 Å². The molecule has 0 unspecified atom stereocenters. The number of rotatable bonds is 7. The summed E-state index contributed by atoms with van der Waals surface area (Å²) in [6, 6.07) is 0. The van der Waals surface area contributed by atoms with E-state index in [-0.39, 0.29) is 11.8 Å². The Hall–Kier alpha value is -0.570. The van der Waals surface area contributed by atoms with Crippen molar-refractivity contribution in [2.45, 2.75) is 40.0 Å². The number of carbonyl (C=O) groups excluding carboxylic acids is 1. The van der Waals surface area contributed by atoms with Crippen LogP contribution in [-0.4, -0.2) is 30.4 Å². The maximum Gasteiger partial charge on any atom is 0.225 e. The molecule has 1 amide bonds. The van der Waals surface area contributed by atoms with Crippen LogP contribution in [0.3, 0.4) is 0 Å². The molecule has 0 saturated heterocycles. The second kappa shape index (κ2) is 7.80. The highest BCUT2D eigenvalue weighted by Crippen LogP contribution is 2.11. The molecule has 2 N–H and O–H groups in total. The van der Waals surface area contributed by atoms with Crippen molar-refractivity contribution in [3.8, 4) is 0 Å². The highest BCUT2D eigenvalue weighted by atomic mass is 16.2. The molecule has 3 heteroatoms. The molecular weight excluding hydrogens is 176 g/mol. The molecule has 0 aromatic rings. The van der Waals surface area contributed by atoms with Crippen LogP contribution in [0.25, 0.3) is 0 Å². The number of hydrogen-bond donors (Lipinski definition) is 1. The molecule has 0 bridgehead atoms. The summed E-state index contributed by atoms with van der Waals surface area (Å²) in [4.78, 5) is 13.9. The van der Waals surface area contributed by atoms with Crippen LogP contribution in [0.5, 0.6) is 0 Å². The van der Waals surface area contributed by atoms with E-state index in [2.05, 4.69) is 20.8 Å². The fraction of sp³-hybridized carbons (Fsp3) is 0.909. The van der Waals surface area contributed by atoms with Gasteiger partial charge in [-0.25, -0.2) is 0 Å². The molecule has 14 heavy (non-hydrogen) atoms. The minimum atomic E-state index is 0.188. The highest BCUT2D eigenvalue weighted by Gasteiger charge is 2.19. The first-order valence-corrected chi connectivity index (χ1v) is 5.69. The Morgan fingerprint density at radius 2 is 1.79 bits per heavy atom. The van der Waals surface area contributed by atoms with Gasteiger partial charge in [0.25, 0.3) is 0 Å². The van der Waals surface area contributed by atoms with Gasteiger partial charge in [0, 0.05) is 25.6 Å². The lowest BCUT2D eigenvalue weighted by molar-refractivity contribution is -0.135. The lowest BCUT2D eigenvalue weighted by Crippen LogP contribution is -2.39. The van der Waals surface area contributed by atoms with E-state index in [9.17, 15) is 4.79 Å². The summed E-state index contributed by atoms with van der Waals surface area (Å²) < 4.78 is 0. The Morgan fingerprint density at radius 1 is 1.21 bits per heavy atom. The van der Waals surface area contributed by atoms with Crippen LogP contribution in [0.1, 0.15) is 40.0 Å². The number of amides is 1. The Morgan fingerprint density at radius 3 is 2.14 bits per heavy atom. The Kier molecular flexibility index (Phi) is 7.48. The summed E-state index contributed by atoms with van der Waals surface area (Å²) in [7, 11) is 0. The van der Waals surface area contributed by atoms with E-state index in [1.165, 1.54) is 0 Å². The van der Waals surface area contributed by atoms with E-state index in [0.29, 0.717) is 13.1 Å².